The highest BCUT2D eigenvalue weighted by molar-refractivity contribution is 5.45. The summed E-state index contributed by atoms with van der Waals surface area (Å²) in [5.74, 6) is 0. The first-order valence-electron chi connectivity index (χ1n) is 3.65. The highest BCUT2D eigenvalue weighted by Gasteiger charge is 2.30. The van der Waals surface area contributed by atoms with Gasteiger partial charge in [0.05, 0.1) is 0 Å². The molecule has 0 atom stereocenters. The van der Waals surface area contributed by atoms with Crippen LogP contribution < -0.4 is 10.6 Å². The zero-order valence-corrected chi connectivity index (χ0v) is 6.31. The van der Waals surface area contributed by atoms with Crippen molar-refractivity contribution in [1.82, 2.24) is 10.6 Å². The normalized spacial score (nSPS) is 21.3. The standard InChI is InChI=1S/C7H14N2O/c1-7(4-9-5-7)2-3-8-6-10/h6,9H,2-5H2,1H3,(H,8,10). The van der Waals surface area contributed by atoms with Gasteiger partial charge in [-0.3, -0.25) is 4.79 Å². The van der Waals surface area contributed by atoms with Gasteiger partial charge in [0.15, 0.2) is 0 Å². The molecule has 0 radical (unpaired) electrons. The van der Waals surface area contributed by atoms with E-state index in [0.29, 0.717) is 5.41 Å². The van der Waals surface area contributed by atoms with E-state index in [9.17, 15) is 4.79 Å². The highest BCUT2D eigenvalue weighted by Crippen LogP contribution is 2.24. The summed E-state index contributed by atoms with van der Waals surface area (Å²) in [7, 11) is 0. The van der Waals surface area contributed by atoms with Gasteiger partial charge in [-0.1, -0.05) is 6.92 Å². The van der Waals surface area contributed by atoms with Crippen molar-refractivity contribution in [2.45, 2.75) is 13.3 Å². The summed E-state index contributed by atoms with van der Waals surface area (Å²) < 4.78 is 0. The molecular weight excluding hydrogens is 128 g/mol. The van der Waals surface area contributed by atoms with Gasteiger partial charge in [-0.2, -0.15) is 0 Å². The molecule has 0 aromatic carbocycles. The summed E-state index contributed by atoms with van der Waals surface area (Å²) in [4.78, 5) is 9.87. The summed E-state index contributed by atoms with van der Waals surface area (Å²) in [6.07, 6.45) is 1.84. The van der Waals surface area contributed by atoms with Gasteiger partial charge < -0.3 is 10.6 Å². The van der Waals surface area contributed by atoms with Crippen LogP contribution >= 0.6 is 0 Å². The number of carbonyl (C=O) groups excluding carboxylic acids is 1. The fraction of sp³-hybridized carbons (Fsp3) is 0.857. The van der Waals surface area contributed by atoms with Crippen LogP contribution in [0.15, 0.2) is 0 Å². The van der Waals surface area contributed by atoms with Crippen molar-refractivity contribution in [3.8, 4) is 0 Å². The van der Waals surface area contributed by atoms with E-state index in [4.69, 9.17) is 0 Å². The molecule has 2 N–H and O–H groups in total. The van der Waals surface area contributed by atoms with Gasteiger partial charge in [0, 0.05) is 19.6 Å². The lowest BCUT2D eigenvalue weighted by Gasteiger charge is -2.39. The maximum atomic E-state index is 9.87. The number of nitrogens with one attached hydrogen (secondary N) is 2. The maximum absolute atomic E-state index is 9.87. The third kappa shape index (κ3) is 1.70. The first-order chi connectivity index (χ1) is 4.77. The Labute approximate surface area is 61.2 Å². The number of hydrogen-bond donors (Lipinski definition) is 2. The topological polar surface area (TPSA) is 41.1 Å². The number of carbonyl (C=O) groups is 1. The van der Waals surface area contributed by atoms with E-state index in [0.717, 1.165) is 32.5 Å². The molecule has 3 nitrogen and oxygen atoms in total. The van der Waals surface area contributed by atoms with Crippen molar-refractivity contribution in [1.29, 1.82) is 0 Å². The summed E-state index contributed by atoms with van der Waals surface area (Å²) in [6.45, 7) is 5.22. The monoisotopic (exact) mass is 142 g/mol. The second-order valence-corrected chi connectivity index (χ2v) is 3.24. The number of hydrogen-bond acceptors (Lipinski definition) is 2. The Balaban J connectivity index is 2.06. The van der Waals surface area contributed by atoms with E-state index in [1.807, 2.05) is 0 Å². The molecule has 1 fully saturated rings. The molecule has 0 aromatic rings. The molecular formula is C7H14N2O. The molecule has 1 heterocycles. The summed E-state index contributed by atoms with van der Waals surface area (Å²) in [5.41, 5.74) is 0.440. The van der Waals surface area contributed by atoms with Crippen LogP contribution in [-0.4, -0.2) is 26.0 Å². The Morgan fingerprint density at radius 2 is 2.40 bits per heavy atom. The highest BCUT2D eigenvalue weighted by atomic mass is 16.1. The average Bonchev–Trinajstić information content (AvgIpc) is 1.85. The molecule has 0 saturated carbocycles. The maximum Gasteiger partial charge on any atom is 0.207 e. The van der Waals surface area contributed by atoms with Gasteiger partial charge in [0.2, 0.25) is 6.41 Å². The zero-order chi connectivity index (χ0) is 7.45. The van der Waals surface area contributed by atoms with Crippen molar-refractivity contribution < 1.29 is 4.79 Å². The number of rotatable bonds is 4. The molecule has 1 amide bonds. The summed E-state index contributed by atoms with van der Waals surface area (Å²) >= 11 is 0. The Morgan fingerprint density at radius 1 is 1.70 bits per heavy atom. The minimum atomic E-state index is 0.440. The van der Waals surface area contributed by atoms with Crippen LogP contribution in [0.1, 0.15) is 13.3 Å². The molecule has 1 saturated heterocycles. The van der Waals surface area contributed by atoms with Gasteiger partial charge in [-0.25, -0.2) is 0 Å². The van der Waals surface area contributed by atoms with Crippen LogP contribution in [0.3, 0.4) is 0 Å². The zero-order valence-electron chi connectivity index (χ0n) is 6.31. The molecule has 0 bridgehead atoms. The predicted molar refractivity (Wildman–Crippen MR) is 39.7 cm³/mol. The lowest BCUT2D eigenvalue weighted by molar-refractivity contribution is -0.109. The van der Waals surface area contributed by atoms with Crippen LogP contribution in [-0.2, 0) is 4.79 Å². The molecule has 1 aliphatic rings. The molecule has 0 aliphatic carbocycles. The van der Waals surface area contributed by atoms with Crippen molar-refractivity contribution in [3.05, 3.63) is 0 Å². The third-order valence-electron chi connectivity index (χ3n) is 2.06. The second kappa shape index (κ2) is 3.01. The molecule has 0 spiro atoms. The minimum absolute atomic E-state index is 0.440. The van der Waals surface area contributed by atoms with Crippen molar-refractivity contribution >= 4 is 6.41 Å². The SMILES string of the molecule is CC1(CCNC=O)CNC1. The van der Waals surface area contributed by atoms with Crippen LogP contribution in [0.4, 0.5) is 0 Å². The fourth-order valence-corrected chi connectivity index (χ4v) is 1.16. The quantitative estimate of drug-likeness (QED) is 0.419. The van der Waals surface area contributed by atoms with E-state index in [-0.39, 0.29) is 0 Å². The molecule has 0 aromatic heterocycles. The largest absolute Gasteiger partial charge is 0.359 e. The lowest BCUT2D eigenvalue weighted by Crippen LogP contribution is -2.52. The summed E-state index contributed by atoms with van der Waals surface area (Å²) in [6, 6.07) is 0. The first kappa shape index (κ1) is 7.54. The van der Waals surface area contributed by atoms with E-state index >= 15 is 0 Å². The van der Waals surface area contributed by atoms with Gasteiger partial charge >= 0.3 is 0 Å². The van der Waals surface area contributed by atoms with Crippen molar-refractivity contribution in [3.63, 3.8) is 0 Å². The fourth-order valence-electron chi connectivity index (χ4n) is 1.16. The van der Waals surface area contributed by atoms with Gasteiger partial charge in [-0.05, 0) is 11.8 Å². The number of amides is 1. The molecule has 3 heteroatoms. The van der Waals surface area contributed by atoms with Crippen LogP contribution in [0.5, 0.6) is 0 Å². The van der Waals surface area contributed by atoms with Crippen LogP contribution in [0.2, 0.25) is 0 Å². The lowest BCUT2D eigenvalue weighted by atomic mass is 9.81. The van der Waals surface area contributed by atoms with Crippen LogP contribution in [0, 0.1) is 5.41 Å². The van der Waals surface area contributed by atoms with Crippen molar-refractivity contribution in [2.24, 2.45) is 5.41 Å². The smallest absolute Gasteiger partial charge is 0.207 e. The second-order valence-electron chi connectivity index (χ2n) is 3.24. The Morgan fingerprint density at radius 3 is 2.80 bits per heavy atom. The van der Waals surface area contributed by atoms with Gasteiger partial charge in [-0.15, -0.1) is 0 Å². The van der Waals surface area contributed by atoms with E-state index in [2.05, 4.69) is 17.6 Å². The van der Waals surface area contributed by atoms with Crippen LogP contribution in [0.25, 0.3) is 0 Å². The molecule has 1 rings (SSSR count). The third-order valence-corrected chi connectivity index (χ3v) is 2.06. The minimum Gasteiger partial charge on any atom is -0.359 e. The Kier molecular flexibility index (Phi) is 2.27. The van der Waals surface area contributed by atoms with E-state index < -0.39 is 0 Å². The molecule has 1 aliphatic heterocycles. The van der Waals surface area contributed by atoms with Gasteiger partial charge in [0.25, 0.3) is 0 Å². The predicted octanol–water partition coefficient (Wildman–Crippen LogP) is -0.268. The molecule has 58 valence electrons. The van der Waals surface area contributed by atoms with Crippen molar-refractivity contribution in [2.75, 3.05) is 19.6 Å². The van der Waals surface area contributed by atoms with E-state index in [1.54, 1.807) is 0 Å². The Bertz CT molecular complexity index is 121. The first-order valence-corrected chi connectivity index (χ1v) is 3.65. The average molecular weight is 142 g/mol. The summed E-state index contributed by atoms with van der Waals surface area (Å²) in [5, 5.41) is 5.88. The van der Waals surface area contributed by atoms with Gasteiger partial charge in [0.1, 0.15) is 0 Å². The molecule has 10 heavy (non-hydrogen) atoms. The van der Waals surface area contributed by atoms with E-state index in [1.165, 1.54) is 0 Å². The Hall–Kier alpha value is -0.570. The molecule has 0 unspecified atom stereocenters.